The molecule has 136 valence electrons. The summed E-state index contributed by atoms with van der Waals surface area (Å²) in [6, 6.07) is 17.4. The highest BCUT2D eigenvalue weighted by Crippen LogP contribution is 2.39. The normalized spacial score (nSPS) is 21.2. The first kappa shape index (κ1) is 18.6. The zero-order valence-electron chi connectivity index (χ0n) is 14.9. The number of Topliss-reactive ketones (excluding diaryl/α,β-unsaturated/α-hetero) is 1. The number of hydrogen-bond donors (Lipinski definition) is 0. The fraction of sp³-hybridized carbons (Fsp3) is 0.333. The summed E-state index contributed by atoms with van der Waals surface area (Å²) in [6.07, 6.45) is 0.406. The lowest BCUT2D eigenvalue weighted by molar-refractivity contribution is -0.126. The number of nitrogens with zero attached hydrogens (tertiary/aromatic N) is 1. The lowest BCUT2D eigenvalue weighted by Gasteiger charge is -2.43. The minimum Gasteiger partial charge on any atom is -0.437 e. The Labute approximate surface area is 162 Å². The molecular formula is C21H22BrNO3. The maximum absolute atomic E-state index is 12.8. The van der Waals surface area contributed by atoms with E-state index < -0.39 is 5.60 Å². The molecule has 2 aromatic rings. The average Bonchev–Trinajstić information content (AvgIpc) is 2.62. The molecule has 0 radical (unpaired) electrons. The van der Waals surface area contributed by atoms with Gasteiger partial charge in [0.15, 0.2) is 0 Å². The van der Waals surface area contributed by atoms with E-state index in [1.54, 1.807) is 4.90 Å². The van der Waals surface area contributed by atoms with Crippen LogP contribution in [-0.4, -0.2) is 23.3 Å². The van der Waals surface area contributed by atoms with Crippen LogP contribution in [0, 0.1) is 0 Å². The molecule has 26 heavy (non-hydrogen) atoms. The third kappa shape index (κ3) is 3.83. The van der Waals surface area contributed by atoms with E-state index >= 15 is 0 Å². The van der Waals surface area contributed by atoms with E-state index in [4.69, 9.17) is 4.74 Å². The zero-order valence-corrected chi connectivity index (χ0v) is 16.5. The number of benzene rings is 2. The first-order valence-electron chi connectivity index (χ1n) is 8.71. The SMILES string of the molecule is CC(=O)CC1(c2ccccc2)CCN([C@@H](C)c2ccc(Br)cc2)C(=O)O1. The predicted molar refractivity (Wildman–Crippen MR) is 104 cm³/mol. The molecule has 0 saturated carbocycles. The van der Waals surface area contributed by atoms with Crippen LogP contribution in [-0.2, 0) is 15.1 Å². The molecule has 2 atom stereocenters. The molecular weight excluding hydrogens is 394 g/mol. The summed E-state index contributed by atoms with van der Waals surface area (Å²) in [5.41, 5.74) is 1.04. The number of rotatable bonds is 5. The van der Waals surface area contributed by atoms with Crippen LogP contribution in [0.15, 0.2) is 59.1 Å². The van der Waals surface area contributed by atoms with Crippen molar-refractivity contribution in [3.63, 3.8) is 0 Å². The summed E-state index contributed by atoms with van der Waals surface area (Å²) < 4.78 is 6.91. The van der Waals surface area contributed by atoms with Gasteiger partial charge in [-0.1, -0.05) is 58.4 Å². The molecule has 0 aromatic heterocycles. The van der Waals surface area contributed by atoms with Crippen molar-refractivity contribution in [2.45, 2.75) is 38.3 Å². The molecule has 4 nitrogen and oxygen atoms in total. The summed E-state index contributed by atoms with van der Waals surface area (Å²) in [6.45, 7) is 4.07. The van der Waals surface area contributed by atoms with Crippen LogP contribution in [0.3, 0.4) is 0 Å². The summed E-state index contributed by atoms with van der Waals surface area (Å²) in [5.74, 6) is 0.0102. The van der Waals surface area contributed by atoms with Gasteiger partial charge < -0.3 is 9.64 Å². The highest BCUT2D eigenvalue weighted by atomic mass is 79.9. The van der Waals surface area contributed by atoms with Gasteiger partial charge in [-0.25, -0.2) is 4.79 Å². The van der Waals surface area contributed by atoms with Crippen molar-refractivity contribution in [2.75, 3.05) is 6.54 Å². The number of halogens is 1. The Kier molecular flexibility index (Phi) is 5.47. The van der Waals surface area contributed by atoms with Crippen LogP contribution in [0.4, 0.5) is 4.79 Å². The van der Waals surface area contributed by atoms with Gasteiger partial charge in [-0.05, 0) is 37.1 Å². The molecule has 1 amide bonds. The molecule has 1 saturated heterocycles. The smallest absolute Gasteiger partial charge is 0.411 e. The van der Waals surface area contributed by atoms with Crippen molar-refractivity contribution in [1.29, 1.82) is 0 Å². The van der Waals surface area contributed by atoms with E-state index in [1.165, 1.54) is 6.92 Å². The predicted octanol–water partition coefficient (Wildman–Crippen LogP) is 5.23. The van der Waals surface area contributed by atoms with E-state index in [2.05, 4.69) is 15.9 Å². The highest BCUT2D eigenvalue weighted by molar-refractivity contribution is 9.10. The maximum atomic E-state index is 12.8. The second-order valence-corrected chi connectivity index (χ2v) is 7.69. The molecule has 1 aliphatic heterocycles. The maximum Gasteiger partial charge on any atom is 0.411 e. The van der Waals surface area contributed by atoms with Crippen LogP contribution in [0.5, 0.6) is 0 Å². The molecule has 0 spiro atoms. The second kappa shape index (κ2) is 7.62. The van der Waals surface area contributed by atoms with Gasteiger partial charge in [-0.3, -0.25) is 4.79 Å². The van der Waals surface area contributed by atoms with Crippen molar-refractivity contribution >= 4 is 27.8 Å². The van der Waals surface area contributed by atoms with Gasteiger partial charge in [0.2, 0.25) is 0 Å². The Morgan fingerprint density at radius 3 is 2.42 bits per heavy atom. The Morgan fingerprint density at radius 1 is 1.19 bits per heavy atom. The van der Waals surface area contributed by atoms with Crippen molar-refractivity contribution in [3.8, 4) is 0 Å². The zero-order chi connectivity index (χ0) is 18.7. The minimum atomic E-state index is -0.875. The summed E-state index contributed by atoms with van der Waals surface area (Å²) in [7, 11) is 0. The molecule has 1 unspecified atom stereocenters. The van der Waals surface area contributed by atoms with Gasteiger partial charge in [0.1, 0.15) is 11.4 Å². The third-order valence-corrected chi connectivity index (χ3v) is 5.46. The number of cyclic esters (lactones) is 1. The number of carbonyl (C=O) groups is 2. The van der Waals surface area contributed by atoms with E-state index in [0.717, 1.165) is 15.6 Å². The molecule has 2 aromatic carbocycles. The first-order chi connectivity index (χ1) is 12.4. The van der Waals surface area contributed by atoms with Crippen LogP contribution >= 0.6 is 15.9 Å². The fourth-order valence-electron chi connectivity index (χ4n) is 3.52. The standard InChI is InChI=1S/C21H22BrNO3/c1-15(24)14-21(18-6-4-3-5-7-18)12-13-23(20(25)26-21)16(2)17-8-10-19(22)11-9-17/h3-11,16H,12-14H2,1-2H3/t16-,21?/m0/s1. The lowest BCUT2D eigenvalue weighted by Crippen LogP contribution is -2.49. The molecule has 0 bridgehead atoms. The Morgan fingerprint density at radius 2 is 1.85 bits per heavy atom. The summed E-state index contributed by atoms with van der Waals surface area (Å²) in [5, 5.41) is 0. The van der Waals surface area contributed by atoms with Crippen molar-refractivity contribution in [2.24, 2.45) is 0 Å². The van der Waals surface area contributed by atoms with Crippen LogP contribution in [0.2, 0.25) is 0 Å². The van der Waals surface area contributed by atoms with Gasteiger partial charge in [0.05, 0.1) is 12.5 Å². The number of ketones is 1. The molecule has 0 N–H and O–H groups in total. The number of ether oxygens (including phenoxy) is 1. The van der Waals surface area contributed by atoms with Crippen molar-refractivity contribution < 1.29 is 14.3 Å². The van der Waals surface area contributed by atoms with Gasteiger partial charge in [-0.15, -0.1) is 0 Å². The molecule has 1 aliphatic rings. The Balaban J connectivity index is 1.84. The largest absolute Gasteiger partial charge is 0.437 e. The fourth-order valence-corrected chi connectivity index (χ4v) is 3.78. The molecule has 0 aliphatic carbocycles. The molecule has 5 heteroatoms. The van der Waals surface area contributed by atoms with E-state index in [0.29, 0.717) is 13.0 Å². The third-order valence-electron chi connectivity index (χ3n) is 4.93. The van der Waals surface area contributed by atoms with Crippen LogP contribution < -0.4 is 0 Å². The van der Waals surface area contributed by atoms with Gasteiger partial charge in [0, 0.05) is 17.4 Å². The molecule has 1 heterocycles. The van der Waals surface area contributed by atoms with Crippen LogP contribution in [0.25, 0.3) is 0 Å². The molecule has 3 rings (SSSR count). The first-order valence-corrected chi connectivity index (χ1v) is 9.51. The lowest BCUT2D eigenvalue weighted by atomic mass is 9.84. The summed E-state index contributed by atoms with van der Waals surface area (Å²) >= 11 is 3.43. The number of carbonyl (C=O) groups excluding carboxylic acids is 2. The minimum absolute atomic E-state index is 0.0102. The second-order valence-electron chi connectivity index (χ2n) is 6.78. The van der Waals surface area contributed by atoms with Crippen molar-refractivity contribution in [3.05, 3.63) is 70.2 Å². The highest BCUT2D eigenvalue weighted by Gasteiger charge is 2.44. The van der Waals surface area contributed by atoms with Gasteiger partial charge >= 0.3 is 6.09 Å². The Hall–Kier alpha value is -2.14. The van der Waals surface area contributed by atoms with E-state index in [1.807, 2.05) is 61.5 Å². The Bertz CT molecular complexity index is 791. The van der Waals surface area contributed by atoms with E-state index in [9.17, 15) is 9.59 Å². The monoisotopic (exact) mass is 415 g/mol. The van der Waals surface area contributed by atoms with Gasteiger partial charge in [0.25, 0.3) is 0 Å². The average molecular weight is 416 g/mol. The van der Waals surface area contributed by atoms with Gasteiger partial charge in [-0.2, -0.15) is 0 Å². The molecule has 1 fully saturated rings. The van der Waals surface area contributed by atoms with E-state index in [-0.39, 0.29) is 24.3 Å². The summed E-state index contributed by atoms with van der Waals surface area (Å²) in [4.78, 5) is 26.4. The van der Waals surface area contributed by atoms with Crippen LogP contribution in [0.1, 0.15) is 43.9 Å². The number of amides is 1. The topological polar surface area (TPSA) is 46.6 Å². The quantitative estimate of drug-likeness (QED) is 0.671. The number of hydrogen-bond acceptors (Lipinski definition) is 3. The van der Waals surface area contributed by atoms with Crippen molar-refractivity contribution in [1.82, 2.24) is 4.90 Å².